The van der Waals surface area contributed by atoms with Crippen molar-refractivity contribution in [1.29, 1.82) is 0 Å². The zero-order chi connectivity index (χ0) is 16.0. The van der Waals surface area contributed by atoms with Crippen LogP contribution in [0.5, 0.6) is 5.75 Å². The van der Waals surface area contributed by atoms with E-state index in [-0.39, 0.29) is 11.9 Å². The van der Waals surface area contributed by atoms with E-state index in [1.165, 1.54) is 25.1 Å². The maximum absolute atomic E-state index is 13.2. The van der Waals surface area contributed by atoms with Crippen LogP contribution in [0.25, 0.3) is 0 Å². The summed E-state index contributed by atoms with van der Waals surface area (Å²) in [7, 11) is 0. The lowest BCUT2D eigenvalue weighted by Crippen LogP contribution is -2.41. The van der Waals surface area contributed by atoms with Crippen LogP contribution in [0.3, 0.4) is 0 Å². The first kappa shape index (κ1) is 17.4. The summed E-state index contributed by atoms with van der Waals surface area (Å²) in [6.45, 7) is 7.14. The number of carbonyl (C=O) groups is 1. The molecule has 4 nitrogen and oxygen atoms in total. The van der Waals surface area contributed by atoms with E-state index in [4.69, 9.17) is 4.74 Å². The summed E-state index contributed by atoms with van der Waals surface area (Å²) >= 11 is 0. The lowest BCUT2D eigenvalue weighted by Gasteiger charge is -2.20. The second-order valence-corrected chi connectivity index (χ2v) is 5.32. The molecule has 2 N–H and O–H groups in total. The Hall–Kier alpha value is -1.62. The highest BCUT2D eigenvalue weighted by Gasteiger charge is 2.19. The zero-order valence-corrected chi connectivity index (χ0v) is 13.0. The third-order valence-corrected chi connectivity index (χ3v) is 3.21. The molecule has 0 heterocycles. The van der Waals surface area contributed by atoms with E-state index in [0.29, 0.717) is 11.3 Å². The molecule has 0 aromatic heterocycles. The van der Waals surface area contributed by atoms with Crippen LogP contribution in [-0.4, -0.2) is 23.2 Å². The summed E-state index contributed by atoms with van der Waals surface area (Å²) in [5, 5.41) is 12.5. The first-order valence-electron chi connectivity index (χ1n) is 7.29. The van der Waals surface area contributed by atoms with Gasteiger partial charge >= 0.3 is 0 Å². The van der Waals surface area contributed by atoms with Crippen molar-refractivity contribution in [2.24, 2.45) is 0 Å². The Morgan fingerprint density at radius 3 is 2.62 bits per heavy atom. The van der Waals surface area contributed by atoms with Crippen LogP contribution in [0, 0.1) is 5.82 Å². The van der Waals surface area contributed by atoms with E-state index < -0.39 is 18.0 Å². The van der Waals surface area contributed by atoms with Gasteiger partial charge in [0, 0.05) is 11.6 Å². The van der Waals surface area contributed by atoms with Gasteiger partial charge < -0.3 is 15.2 Å². The fourth-order valence-corrected chi connectivity index (χ4v) is 2.06. The molecule has 0 radical (unpaired) electrons. The molecule has 3 unspecified atom stereocenters. The molecule has 0 spiro atoms. The third-order valence-electron chi connectivity index (χ3n) is 3.21. The monoisotopic (exact) mass is 297 g/mol. The molecule has 0 saturated heterocycles. The van der Waals surface area contributed by atoms with Crippen molar-refractivity contribution in [3.63, 3.8) is 0 Å². The quantitative estimate of drug-likeness (QED) is 0.813. The number of carbonyl (C=O) groups excluding carboxylic acids is 1. The van der Waals surface area contributed by atoms with E-state index in [9.17, 15) is 14.3 Å². The number of rotatable bonds is 7. The molecule has 118 valence electrons. The lowest BCUT2D eigenvalue weighted by atomic mass is 10.1. The van der Waals surface area contributed by atoms with Gasteiger partial charge in [-0.25, -0.2) is 4.39 Å². The number of aliphatic hydroxyl groups is 1. The number of benzene rings is 1. The summed E-state index contributed by atoms with van der Waals surface area (Å²) in [5.74, 6) is -0.360. The molecule has 1 aromatic rings. The van der Waals surface area contributed by atoms with Gasteiger partial charge in [0.1, 0.15) is 11.6 Å². The lowest BCUT2D eigenvalue weighted by molar-refractivity contribution is -0.128. The number of hydrogen-bond acceptors (Lipinski definition) is 3. The van der Waals surface area contributed by atoms with Gasteiger partial charge in [-0.3, -0.25) is 4.79 Å². The molecule has 0 bridgehead atoms. The van der Waals surface area contributed by atoms with Gasteiger partial charge in [0.2, 0.25) is 0 Å². The van der Waals surface area contributed by atoms with Crippen LogP contribution < -0.4 is 10.1 Å². The summed E-state index contributed by atoms with van der Waals surface area (Å²) < 4.78 is 18.8. The van der Waals surface area contributed by atoms with Gasteiger partial charge in [-0.15, -0.1) is 0 Å². The molecule has 21 heavy (non-hydrogen) atoms. The van der Waals surface area contributed by atoms with E-state index >= 15 is 0 Å². The second-order valence-electron chi connectivity index (χ2n) is 5.32. The summed E-state index contributed by atoms with van der Waals surface area (Å²) in [5.41, 5.74) is 0.330. The fourth-order valence-electron chi connectivity index (χ4n) is 2.06. The molecule has 5 heteroatoms. The molecule has 1 rings (SSSR count). The van der Waals surface area contributed by atoms with Gasteiger partial charge in [-0.1, -0.05) is 13.3 Å². The topological polar surface area (TPSA) is 58.6 Å². The van der Waals surface area contributed by atoms with Crippen LogP contribution >= 0.6 is 0 Å². The van der Waals surface area contributed by atoms with Crippen LogP contribution in [0.15, 0.2) is 18.2 Å². The predicted molar refractivity (Wildman–Crippen MR) is 79.6 cm³/mol. The first-order chi connectivity index (χ1) is 9.85. The average Bonchev–Trinajstić information content (AvgIpc) is 2.40. The fraction of sp³-hybridized carbons (Fsp3) is 0.562. The highest BCUT2D eigenvalue weighted by Crippen LogP contribution is 2.26. The predicted octanol–water partition coefficient (Wildman–Crippen LogP) is 2.95. The number of hydrogen-bond donors (Lipinski definition) is 2. The van der Waals surface area contributed by atoms with E-state index in [2.05, 4.69) is 12.2 Å². The van der Waals surface area contributed by atoms with Crippen LogP contribution in [0.2, 0.25) is 0 Å². The summed E-state index contributed by atoms with van der Waals surface area (Å²) in [6, 6.07) is 3.96. The molecule has 0 aliphatic carbocycles. The van der Waals surface area contributed by atoms with Crippen LogP contribution in [0.4, 0.5) is 4.39 Å². The van der Waals surface area contributed by atoms with Gasteiger partial charge in [0.25, 0.3) is 5.91 Å². The SMILES string of the molecule is CCCC(C)NC(=O)C(C)Oc1ccc(F)cc1C(C)O. The Kier molecular flexibility index (Phi) is 6.62. The van der Waals surface area contributed by atoms with Crippen molar-refractivity contribution in [1.82, 2.24) is 5.32 Å². The number of halogens is 1. The molecule has 0 aliphatic rings. The van der Waals surface area contributed by atoms with Crippen LogP contribution in [0.1, 0.15) is 52.2 Å². The molecule has 0 fully saturated rings. The van der Waals surface area contributed by atoms with Gasteiger partial charge in [-0.05, 0) is 45.4 Å². The minimum atomic E-state index is -0.870. The van der Waals surface area contributed by atoms with Crippen molar-refractivity contribution in [2.75, 3.05) is 0 Å². The Bertz CT molecular complexity index is 477. The molecular weight excluding hydrogens is 273 g/mol. The summed E-state index contributed by atoms with van der Waals surface area (Å²) in [6.07, 6.45) is 0.298. The normalized spacial score (nSPS) is 15.1. The molecule has 3 atom stereocenters. The first-order valence-corrected chi connectivity index (χ1v) is 7.29. The number of amides is 1. The largest absolute Gasteiger partial charge is 0.481 e. The third kappa shape index (κ3) is 5.34. The molecular formula is C16H24FNO3. The smallest absolute Gasteiger partial charge is 0.260 e. The molecule has 0 saturated carbocycles. The van der Waals surface area contributed by atoms with Crippen molar-refractivity contribution in [3.8, 4) is 5.75 Å². The van der Waals surface area contributed by atoms with Gasteiger partial charge in [0.05, 0.1) is 6.10 Å². The van der Waals surface area contributed by atoms with Crippen molar-refractivity contribution in [3.05, 3.63) is 29.6 Å². The Morgan fingerprint density at radius 1 is 1.38 bits per heavy atom. The molecule has 1 amide bonds. The molecule has 1 aromatic carbocycles. The highest BCUT2D eigenvalue weighted by atomic mass is 19.1. The average molecular weight is 297 g/mol. The van der Waals surface area contributed by atoms with Crippen molar-refractivity contribution in [2.45, 2.75) is 58.8 Å². The number of nitrogens with one attached hydrogen (secondary N) is 1. The van der Waals surface area contributed by atoms with Gasteiger partial charge in [-0.2, -0.15) is 0 Å². The highest BCUT2D eigenvalue weighted by molar-refractivity contribution is 5.81. The minimum absolute atomic E-state index is 0.0815. The Balaban J connectivity index is 2.74. The molecule has 0 aliphatic heterocycles. The van der Waals surface area contributed by atoms with E-state index in [1.807, 2.05) is 6.92 Å². The van der Waals surface area contributed by atoms with Crippen molar-refractivity contribution >= 4 is 5.91 Å². The van der Waals surface area contributed by atoms with E-state index in [1.54, 1.807) is 6.92 Å². The maximum atomic E-state index is 13.2. The maximum Gasteiger partial charge on any atom is 0.260 e. The zero-order valence-electron chi connectivity index (χ0n) is 13.0. The number of ether oxygens (including phenoxy) is 1. The standard InChI is InChI=1S/C16H24FNO3/c1-5-6-10(2)18-16(20)12(4)21-15-8-7-13(17)9-14(15)11(3)19/h7-12,19H,5-6H2,1-4H3,(H,18,20). The van der Waals surface area contributed by atoms with Crippen molar-refractivity contribution < 1.29 is 19.0 Å². The minimum Gasteiger partial charge on any atom is -0.481 e. The van der Waals surface area contributed by atoms with Gasteiger partial charge in [0.15, 0.2) is 6.10 Å². The Labute approximate surface area is 125 Å². The van der Waals surface area contributed by atoms with Crippen LogP contribution in [-0.2, 0) is 4.79 Å². The summed E-state index contributed by atoms with van der Waals surface area (Å²) in [4.78, 5) is 12.0. The second kappa shape index (κ2) is 7.98. The van der Waals surface area contributed by atoms with E-state index in [0.717, 1.165) is 12.8 Å². The Morgan fingerprint density at radius 2 is 2.05 bits per heavy atom. The number of aliphatic hydroxyl groups excluding tert-OH is 1.